The first-order valence-corrected chi connectivity index (χ1v) is 13.9. The maximum atomic E-state index is 12.8. The summed E-state index contributed by atoms with van der Waals surface area (Å²) in [6.07, 6.45) is 4.23. The van der Waals surface area contributed by atoms with E-state index in [1.54, 1.807) is 12.1 Å². The van der Waals surface area contributed by atoms with Crippen LogP contribution >= 0.6 is 11.6 Å². The van der Waals surface area contributed by atoms with Crippen molar-refractivity contribution in [3.05, 3.63) is 70.3 Å². The molecule has 2 heterocycles. The van der Waals surface area contributed by atoms with E-state index >= 15 is 0 Å². The van der Waals surface area contributed by atoms with E-state index in [1.165, 1.54) is 16.7 Å². The van der Waals surface area contributed by atoms with Crippen molar-refractivity contribution in [1.82, 2.24) is 9.80 Å². The van der Waals surface area contributed by atoms with Crippen molar-refractivity contribution >= 4 is 33.9 Å². The van der Waals surface area contributed by atoms with Crippen molar-refractivity contribution < 1.29 is 9.00 Å². The Morgan fingerprint density at radius 2 is 1.62 bits per heavy atom. The predicted molar refractivity (Wildman–Crippen MR) is 142 cm³/mol. The zero-order valence-corrected chi connectivity index (χ0v) is 22.0. The van der Waals surface area contributed by atoms with E-state index in [2.05, 4.69) is 24.0 Å². The highest BCUT2D eigenvalue weighted by atomic mass is 35.5. The van der Waals surface area contributed by atoms with E-state index < -0.39 is 10.8 Å². The maximum absolute atomic E-state index is 12.8. The average Bonchev–Trinajstić information content (AvgIpc) is 2.87. The molecule has 4 rings (SSSR count). The first-order chi connectivity index (χ1) is 16.3. The lowest BCUT2D eigenvalue weighted by Gasteiger charge is -2.41. The van der Waals surface area contributed by atoms with Gasteiger partial charge < -0.3 is 4.90 Å². The molecule has 1 unspecified atom stereocenters. The van der Waals surface area contributed by atoms with Gasteiger partial charge in [-0.25, -0.2) is 0 Å². The fourth-order valence-corrected chi connectivity index (χ4v) is 6.23. The van der Waals surface area contributed by atoms with Gasteiger partial charge in [0.15, 0.2) is 0 Å². The molecule has 182 valence electrons. The minimum absolute atomic E-state index is 0.0867. The topological polar surface area (TPSA) is 40.6 Å². The lowest BCUT2D eigenvalue weighted by molar-refractivity contribution is 0.0608. The Bertz CT molecular complexity index is 1060. The Kier molecular flexibility index (Phi) is 8.28. The van der Waals surface area contributed by atoms with Gasteiger partial charge in [0.25, 0.3) is 5.91 Å². The Morgan fingerprint density at radius 3 is 2.21 bits per heavy atom. The molecule has 0 spiro atoms. The van der Waals surface area contributed by atoms with E-state index in [9.17, 15) is 9.00 Å². The molecule has 2 aliphatic heterocycles. The highest BCUT2D eigenvalue weighted by Gasteiger charge is 2.29. The Hall–Kier alpha value is -1.95. The van der Waals surface area contributed by atoms with Crippen LogP contribution in [-0.2, 0) is 10.8 Å². The molecule has 1 amide bonds. The zero-order valence-electron chi connectivity index (χ0n) is 20.4. The number of rotatable bonds is 5. The van der Waals surface area contributed by atoms with Crippen molar-refractivity contribution in [2.24, 2.45) is 0 Å². The van der Waals surface area contributed by atoms with Crippen LogP contribution in [0.4, 0.5) is 0 Å². The van der Waals surface area contributed by atoms with Crippen molar-refractivity contribution in [2.45, 2.75) is 62.6 Å². The molecular weight excluding hydrogens is 464 g/mol. The van der Waals surface area contributed by atoms with Gasteiger partial charge in [0, 0.05) is 53.0 Å². The summed E-state index contributed by atoms with van der Waals surface area (Å²) in [6.45, 7) is 9.97. The molecular formula is C28H35ClN2O2S. The monoisotopic (exact) mass is 498 g/mol. The van der Waals surface area contributed by atoms with E-state index in [1.807, 2.05) is 43.0 Å². The molecule has 2 fully saturated rings. The molecule has 0 saturated carbocycles. The minimum Gasteiger partial charge on any atom is -0.339 e. The summed E-state index contributed by atoms with van der Waals surface area (Å²) in [5.74, 6) is 0.0867. The third kappa shape index (κ3) is 5.81. The van der Waals surface area contributed by atoms with Crippen LogP contribution in [0.5, 0.6) is 0 Å². The Morgan fingerprint density at radius 1 is 0.971 bits per heavy atom. The van der Waals surface area contributed by atoms with Crippen LogP contribution in [0, 0.1) is 0 Å². The number of likely N-dealkylation sites (tertiary alicyclic amines) is 2. The van der Waals surface area contributed by atoms with E-state index in [0.29, 0.717) is 16.6 Å². The first kappa shape index (κ1) is 25.2. The van der Waals surface area contributed by atoms with Crippen LogP contribution in [0.2, 0.25) is 5.02 Å². The van der Waals surface area contributed by atoms with Gasteiger partial charge in [-0.05, 0) is 74.1 Å². The number of halogens is 1. The van der Waals surface area contributed by atoms with Gasteiger partial charge in [0.2, 0.25) is 0 Å². The molecule has 2 saturated heterocycles. The SMILES string of the molecule is CC(=C1CCN(C2CCN(C(=O)c3cccc(Cl)c3)CC2)CC1)c1ccc(S(=O)C(C)C)cc1. The third-order valence-electron chi connectivity index (χ3n) is 7.22. The van der Waals surface area contributed by atoms with Gasteiger partial charge in [-0.1, -0.05) is 49.2 Å². The minimum atomic E-state index is -0.940. The summed E-state index contributed by atoms with van der Waals surface area (Å²) < 4.78 is 12.3. The predicted octanol–water partition coefficient (Wildman–Crippen LogP) is 6.03. The Balaban J connectivity index is 1.30. The number of amides is 1. The van der Waals surface area contributed by atoms with Crippen LogP contribution in [0.3, 0.4) is 0 Å². The average molecular weight is 499 g/mol. The summed E-state index contributed by atoms with van der Waals surface area (Å²) in [6, 6.07) is 16.1. The summed E-state index contributed by atoms with van der Waals surface area (Å²) in [5, 5.41) is 0.742. The second kappa shape index (κ2) is 11.2. The van der Waals surface area contributed by atoms with Crippen LogP contribution in [0.1, 0.15) is 62.4 Å². The number of nitrogens with zero attached hydrogens (tertiary/aromatic N) is 2. The smallest absolute Gasteiger partial charge is 0.253 e. The second-order valence-corrected chi connectivity index (χ2v) is 12.1. The second-order valence-electron chi connectivity index (χ2n) is 9.67. The molecule has 6 heteroatoms. The lowest BCUT2D eigenvalue weighted by atomic mass is 9.92. The molecule has 2 aromatic carbocycles. The van der Waals surface area contributed by atoms with E-state index in [4.69, 9.17) is 11.6 Å². The first-order valence-electron chi connectivity index (χ1n) is 12.3. The number of hydrogen-bond acceptors (Lipinski definition) is 3. The standard InChI is InChI=1S/C28H35ClN2O2S/c1-20(2)34(33)27-9-7-22(8-10-27)21(3)23-11-15-30(16-12-23)26-13-17-31(18-14-26)28(32)24-5-4-6-25(29)19-24/h4-10,19-20,26H,11-18H2,1-3H3. The quantitative estimate of drug-likeness (QED) is 0.505. The van der Waals surface area contributed by atoms with Crippen LogP contribution in [0.15, 0.2) is 59.0 Å². The van der Waals surface area contributed by atoms with Crippen LogP contribution in [0.25, 0.3) is 5.57 Å². The number of piperidine rings is 2. The molecule has 2 aromatic rings. The summed E-state index contributed by atoms with van der Waals surface area (Å²) >= 11 is 6.06. The van der Waals surface area contributed by atoms with Gasteiger partial charge in [-0.2, -0.15) is 0 Å². The van der Waals surface area contributed by atoms with Crippen molar-refractivity contribution in [3.63, 3.8) is 0 Å². The summed E-state index contributed by atoms with van der Waals surface area (Å²) in [7, 11) is -0.940. The van der Waals surface area contributed by atoms with Crippen molar-refractivity contribution in [3.8, 4) is 0 Å². The van der Waals surface area contributed by atoms with Gasteiger partial charge >= 0.3 is 0 Å². The number of allylic oxidation sites excluding steroid dienone is 1. The van der Waals surface area contributed by atoms with Crippen LogP contribution < -0.4 is 0 Å². The fraction of sp³-hybridized carbons (Fsp3) is 0.464. The van der Waals surface area contributed by atoms with Gasteiger partial charge in [0.05, 0.1) is 10.8 Å². The molecule has 0 aliphatic carbocycles. The zero-order chi connectivity index (χ0) is 24.2. The highest BCUT2D eigenvalue weighted by Crippen LogP contribution is 2.30. The summed E-state index contributed by atoms with van der Waals surface area (Å²) in [4.78, 5) is 18.3. The van der Waals surface area contributed by atoms with Crippen LogP contribution in [-0.4, -0.2) is 57.4 Å². The number of benzene rings is 2. The van der Waals surface area contributed by atoms with E-state index in [0.717, 1.165) is 56.8 Å². The molecule has 0 radical (unpaired) electrons. The molecule has 34 heavy (non-hydrogen) atoms. The Labute approximate surface area is 211 Å². The largest absolute Gasteiger partial charge is 0.339 e. The fourth-order valence-electron chi connectivity index (χ4n) is 5.09. The number of carbonyl (C=O) groups is 1. The lowest BCUT2D eigenvalue weighted by Crippen LogP contribution is -2.48. The molecule has 1 atom stereocenters. The number of hydrogen-bond donors (Lipinski definition) is 0. The molecule has 0 bridgehead atoms. The normalized spacial score (nSPS) is 18.9. The summed E-state index contributed by atoms with van der Waals surface area (Å²) in [5.41, 5.74) is 4.81. The third-order valence-corrected chi connectivity index (χ3v) is 9.05. The number of carbonyl (C=O) groups excluding carboxylic acids is 1. The van der Waals surface area contributed by atoms with Gasteiger partial charge in [-0.3, -0.25) is 13.9 Å². The molecule has 0 aromatic heterocycles. The molecule has 0 N–H and O–H groups in total. The van der Waals surface area contributed by atoms with Crippen molar-refractivity contribution in [2.75, 3.05) is 26.2 Å². The van der Waals surface area contributed by atoms with Gasteiger partial charge in [0.1, 0.15) is 0 Å². The van der Waals surface area contributed by atoms with Crippen molar-refractivity contribution in [1.29, 1.82) is 0 Å². The van der Waals surface area contributed by atoms with Gasteiger partial charge in [-0.15, -0.1) is 0 Å². The molecule has 2 aliphatic rings. The van der Waals surface area contributed by atoms with E-state index in [-0.39, 0.29) is 11.2 Å². The molecule has 4 nitrogen and oxygen atoms in total. The maximum Gasteiger partial charge on any atom is 0.253 e. The highest BCUT2D eigenvalue weighted by molar-refractivity contribution is 7.85.